The number of aromatic nitrogens is 3. The summed E-state index contributed by atoms with van der Waals surface area (Å²) in [5.74, 6) is 0.556. The number of carbonyl (C=O) groups is 2. The zero-order valence-corrected chi connectivity index (χ0v) is 21.6. The van der Waals surface area contributed by atoms with Crippen LogP contribution in [0.25, 0.3) is 0 Å². The van der Waals surface area contributed by atoms with E-state index in [9.17, 15) is 14.7 Å². The Labute approximate surface area is 211 Å². The van der Waals surface area contributed by atoms with Crippen molar-refractivity contribution in [1.29, 1.82) is 0 Å². The van der Waals surface area contributed by atoms with Gasteiger partial charge >= 0.3 is 0 Å². The number of rotatable bonds is 20. The van der Waals surface area contributed by atoms with E-state index in [0.717, 1.165) is 95.8 Å². The van der Waals surface area contributed by atoms with Gasteiger partial charge in [-0.3, -0.25) is 9.59 Å². The summed E-state index contributed by atoms with van der Waals surface area (Å²) in [5.41, 5.74) is 6.35. The third kappa shape index (κ3) is 12.1. The van der Waals surface area contributed by atoms with Crippen molar-refractivity contribution in [3.05, 3.63) is 11.9 Å². The molecular formula is C26H48N6O3. The topological polar surface area (TPSA) is 135 Å². The summed E-state index contributed by atoms with van der Waals surface area (Å²) in [7, 11) is 0. The number of nitrogens with one attached hydrogen (secondary N) is 2. The van der Waals surface area contributed by atoms with Gasteiger partial charge in [0.2, 0.25) is 5.91 Å². The van der Waals surface area contributed by atoms with Crippen LogP contribution in [0.15, 0.2) is 6.20 Å². The van der Waals surface area contributed by atoms with Crippen LogP contribution in [0, 0.1) is 5.92 Å². The van der Waals surface area contributed by atoms with Crippen LogP contribution in [0.5, 0.6) is 0 Å². The largest absolute Gasteiger partial charge is 0.394 e. The van der Waals surface area contributed by atoms with Gasteiger partial charge in [0.25, 0.3) is 0 Å². The highest BCUT2D eigenvalue weighted by atomic mass is 16.3. The minimum absolute atomic E-state index is 0.217. The van der Waals surface area contributed by atoms with Crippen LogP contribution < -0.4 is 16.4 Å². The van der Waals surface area contributed by atoms with Crippen molar-refractivity contribution in [3.8, 4) is 0 Å². The molecule has 0 aliphatic carbocycles. The Morgan fingerprint density at radius 3 is 2.37 bits per heavy atom. The Balaban J connectivity index is 1.46. The molecule has 9 heteroatoms. The lowest BCUT2D eigenvalue weighted by Gasteiger charge is -2.21. The molecule has 0 spiro atoms. The molecule has 5 N–H and O–H groups in total. The zero-order valence-electron chi connectivity index (χ0n) is 21.6. The molecule has 2 heterocycles. The number of unbranched alkanes of at least 4 members (excludes halogenated alkanes) is 9. The maximum atomic E-state index is 12.5. The summed E-state index contributed by atoms with van der Waals surface area (Å²) in [4.78, 5) is 24.7. The van der Waals surface area contributed by atoms with Crippen LogP contribution in [-0.2, 0) is 16.0 Å². The summed E-state index contributed by atoms with van der Waals surface area (Å²) in [6, 6.07) is -0.734. The molecular weight excluding hydrogens is 444 g/mol. The molecule has 1 aromatic rings. The highest BCUT2D eigenvalue weighted by molar-refractivity contribution is 5.81. The smallest absolute Gasteiger partial charge is 0.247 e. The van der Waals surface area contributed by atoms with Crippen LogP contribution in [0.4, 0.5) is 0 Å². The first-order valence-corrected chi connectivity index (χ1v) is 13.9. The molecule has 1 saturated heterocycles. The van der Waals surface area contributed by atoms with Gasteiger partial charge in [0, 0.05) is 25.1 Å². The fraction of sp³-hybridized carbons (Fsp3) is 0.846. The van der Waals surface area contributed by atoms with E-state index in [0.29, 0.717) is 24.8 Å². The Kier molecular flexibility index (Phi) is 15.5. The number of piperidine rings is 1. The molecule has 1 atom stereocenters. The number of aliphatic hydroxyl groups excluding tert-OH is 1. The van der Waals surface area contributed by atoms with Gasteiger partial charge in [-0.1, -0.05) is 50.2 Å². The average Bonchev–Trinajstić information content (AvgIpc) is 3.34. The highest BCUT2D eigenvalue weighted by Gasteiger charge is 2.21. The Morgan fingerprint density at radius 2 is 1.69 bits per heavy atom. The maximum absolute atomic E-state index is 12.5. The normalized spacial score (nSPS) is 15.3. The Bertz CT molecular complexity index is 705. The molecule has 0 unspecified atom stereocenters. The molecule has 1 aliphatic rings. The van der Waals surface area contributed by atoms with Crippen molar-refractivity contribution in [2.75, 3.05) is 32.8 Å². The second-order valence-corrected chi connectivity index (χ2v) is 9.85. The Hall–Kier alpha value is -1.84. The predicted octanol–water partition coefficient (Wildman–Crippen LogP) is 2.68. The number of Topliss-reactive ketones (excluding diaryl/α,β-unsaturated/α-hetero) is 1. The van der Waals surface area contributed by atoms with Gasteiger partial charge in [-0.05, 0) is 64.6 Å². The predicted molar refractivity (Wildman–Crippen MR) is 138 cm³/mol. The minimum Gasteiger partial charge on any atom is -0.394 e. The molecule has 0 radical (unpaired) electrons. The maximum Gasteiger partial charge on any atom is 0.247 e. The molecule has 9 nitrogen and oxygen atoms in total. The second-order valence-electron chi connectivity index (χ2n) is 9.85. The molecule has 1 aliphatic heterocycles. The molecule has 0 saturated carbocycles. The summed E-state index contributed by atoms with van der Waals surface area (Å²) < 4.78 is 1.47. The monoisotopic (exact) mass is 492 g/mol. The molecule has 1 amide bonds. The third-order valence-electron chi connectivity index (χ3n) is 6.93. The first kappa shape index (κ1) is 29.4. The van der Waals surface area contributed by atoms with E-state index >= 15 is 0 Å². The van der Waals surface area contributed by atoms with E-state index < -0.39 is 6.04 Å². The highest BCUT2D eigenvalue weighted by Crippen LogP contribution is 2.17. The molecule has 1 fully saturated rings. The van der Waals surface area contributed by atoms with Gasteiger partial charge in [0.05, 0.1) is 12.3 Å². The van der Waals surface area contributed by atoms with E-state index in [1.165, 1.54) is 23.9 Å². The van der Waals surface area contributed by atoms with Gasteiger partial charge < -0.3 is 21.5 Å². The van der Waals surface area contributed by atoms with E-state index in [4.69, 9.17) is 5.73 Å². The van der Waals surface area contributed by atoms with E-state index in [1.54, 1.807) is 6.20 Å². The standard InChI is InChI=1S/C26H48N6O3/c27-16-10-7-8-12-23-20-32(31-30-23)24(21-33)26(35)29-17-11-6-4-2-1-3-5-9-13-25(34)22-14-18-28-19-15-22/h20,22,24,28,33H,1-19,21,27H2,(H,29,35)/t24-/m0/s1. The lowest BCUT2D eigenvalue weighted by atomic mass is 9.90. The van der Waals surface area contributed by atoms with Gasteiger partial charge in [0.15, 0.2) is 6.04 Å². The number of aryl methyl sites for hydroxylation is 1. The SMILES string of the molecule is NCCCCCc1cn([C@@H](CO)C(=O)NCCCCCCCCCCC(=O)C2CCNCC2)nn1. The quantitative estimate of drug-likeness (QED) is 0.206. The average molecular weight is 493 g/mol. The van der Waals surface area contributed by atoms with Crippen molar-refractivity contribution in [1.82, 2.24) is 25.6 Å². The number of nitrogens with zero attached hydrogens (tertiary/aromatic N) is 3. The van der Waals surface area contributed by atoms with Crippen LogP contribution in [0.1, 0.15) is 102 Å². The molecule has 2 rings (SSSR count). The van der Waals surface area contributed by atoms with Crippen molar-refractivity contribution >= 4 is 11.7 Å². The number of hydrogen-bond donors (Lipinski definition) is 4. The number of aliphatic hydroxyl groups is 1. The van der Waals surface area contributed by atoms with Crippen LogP contribution in [-0.4, -0.2) is 64.6 Å². The van der Waals surface area contributed by atoms with Gasteiger partial charge in [-0.2, -0.15) is 0 Å². The lowest BCUT2D eigenvalue weighted by molar-refractivity contribution is -0.126. The van der Waals surface area contributed by atoms with Gasteiger partial charge in [-0.15, -0.1) is 5.10 Å². The second kappa shape index (κ2) is 18.4. The first-order valence-electron chi connectivity index (χ1n) is 13.9. The molecule has 35 heavy (non-hydrogen) atoms. The van der Waals surface area contributed by atoms with Crippen LogP contribution in [0.3, 0.4) is 0 Å². The summed E-state index contributed by atoms with van der Waals surface area (Å²) >= 11 is 0. The summed E-state index contributed by atoms with van der Waals surface area (Å²) in [6.07, 6.45) is 17.3. The zero-order chi connectivity index (χ0) is 25.1. The molecule has 1 aromatic heterocycles. The van der Waals surface area contributed by atoms with Crippen molar-refractivity contribution < 1.29 is 14.7 Å². The fourth-order valence-corrected chi connectivity index (χ4v) is 4.66. The minimum atomic E-state index is -0.734. The molecule has 0 aromatic carbocycles. The van der Waals surface area contributed by atoms with Gasteiger partial charge in [-0.25, -0.2) is 4.68 Å². The summed E-state index contributed by atoms with van der Waals surface area (Å²) in [6.45, 7) is 2.98. The number of amides is 1. The van der Waals surface area contributed by atoms with Crippen molar-refractivity contribution in [3.63, 3.8) is 0 Å². The lowest BCUT2D eigenvalue weighted by Crippen LogP contribution is -2.35. The summed E-state index contributed by atoms with van der Waals surface area (Å²) in [5, 5.41) is 24.1. The number of hydrogen-bond acceptors (Lipinski definition) is 7. The van der Waals surface area contributed by atoms with E-state index in [-0.39, 0.29) is 12.5 Å². The van der Waals surface area contributed by atoms with Crippen LogP contribution >= 0.6 is 0 Å². The third-order valence-corrected chi connectivity index (χ3v) is 6.93. The van der Waals surface area contributed by atoms with E-state index in [2.05, 4.69) is 20.9 Å². The van der Waals surface area contributed by atoms with Crippen molar-refractivity contribution in [2.45, 2.75) is 102 Å². The molecule has 0 bridgehead atoms. The van der Waals surface area contributed by atoms with Crippen molar-refractivity contribution in [2.24, 2.45) is 11.7 Å². The van der Waals surface area contributed by atoms with E-state index in [1.807, 2.05) is 0 Å². The Morgan fingerprint density at radius 1 is 1.03 bits per heavy atom. The first-order chi connectivity index (χ1) is 17.2. The number of ketones is 1. The fourth-order valence-electron chi connectivity index (χ4n) is 4.66. The number of nitrogens with two attached hydrogens (primary N) is 1. The van der Waals surface area contributed by atoms with Gasteiger partial charge in [0.1, 0.15) is 5.78 Å². The van der Waals surface area contributed by atoms with Crippen LogP contribution in [0.2, 0.25) is 0 Å². The number of carbonyl (C=O) groups excluding carboxylic acids is 2. The molecule has 200 valence electrons.